The van der Waals surface area contributed by atoms with E-state index in [9.17, 15) is 4.79 Å². The van der Waals surface area contributed by atoms with Gasteiger partial charge < -0.3 is 9.47 Å². The molecule has 17 heavy (non-hydrogen) atoms. The molecular weight excluding hydrogens is 216 g/mol. The van der Waals surface area contributed by atoms with Crippen LogP contribution >= 0.6 is 0 Å². The normalized spacial score (nSPS) is 11.0. The first-order valence-corrected chi connectivity index (χ1v) is 5.24. The van der Waals surface area contributed by atoms with Crippen molar-refractivity contribution in [2.24, 2.45) is 0 Å². The van der Waals surface area contributed by atoms with Crippen LogP contribution in [0.15, 0.2) is 36.4 Å². The largest absolute Gasteiger partial charge is 0.497 e. The number of hydrogen-bond acceptors (Lipinski definition) is 3. The molecule has 0 aliphatic carbocycles. The molecule has 0 heterocycles. The molecule has 3 heteroatoms. The van der Waals surface area contributed by atoms with Crippen LogP contribution in [0.2, 0.25) is 0 Å². The fraction of sp³-hybridized carbons (Fsp3) is 0.214. The van der Waals surface area contributed by atoms with Gasteiger partial charge in [-0.05, 0) is 25.1 Å². The summed E-state index contributed by atoms with van der Waals surface area (Å²) in [6.07, 6.45) is 6.88. The second kappa shape index (κ2) is 6.53. The van der Waals surface area contributed by atoms with Crippen LogP contribution in [0.5, 0.6) is 11.5 Å². The van der Waals surface area contributed by atoms with Crippen LogP contribution in [0.25, 0.3) is 6.08 Å². The van der Waals surface area contributed by atoms with Gasteiger partial charge in [0.25, 0.3) is 0 Å². The molecule has 0 saturated carbocycles. The standard InChI is InChI=1S/C14H16O3/c1-11(15)6-4-5-7-12-8-9-13(16-2)10-14(12)17-3/h4-10H,1-3H3/b6-4+,7-5+. The molecule has 0 atom stereocenters. The van der Waals surface area contributed by atoms with Crippen molar-refractivity contribution in [2.45, 2.75) is 6.92 Å². The van der Waals surface area contributed by atoms with Gasteiger partial charge in [-0.25, -0.2) is 0 Å². The smallest absolute Gasteiger partial charge is 0.152 e. The summed E-state index contributed by atoms with van der Waals surface area (Å²) in [6.45, 7) is 1.51. The highest BCUT2D eigenvalue weighted by Gasteiger charge is 2.00. The number of ketones is 1. The minimum atomic E-state index is 0.0244. The average molecular weight is 232 g/mol. The number of methoxy groups -OCH3 is 2. The quantitative estimate of drug-likeness (QED) is 0.578. The third-order valence-corrected chi connectivity index (χ3v) is 2.16. The molecular formula is C14H16O3. The maximum atomic E-state index is 10.7. The van der Waals surface area contributed by atoms with E-state index in [1.165, 1.54) is 13.0 Å². The van der Waals surface area contributed by atoms with Gasteiger partial charge in [-0.15, -0.1) is 0 Å². The fourth-order valence-electron chi connectivity index (χ4n) is 1.31. The number of hydrogen-bond donors (Lipinski definition) is 0. The van der Waals surface area contributed by atoms with Crippen LogP contribution in [-0.4, -0.2) is 20.0 Å². The summed E-state index contributed by atoms with van der Waals surface area (Å²) < 4.78 is 10.3. The molecule has 0 spiro atoms. The lowest BCUT2D eigenvalue weighted by atomic mass is 10.1. The molecule has 90 valence electrons. The van der Waals surface area contributed by atoms with Crippen molar-refractivity contribution in [2.75, 3.05) is 14.2 Å². The van der Waals surface area contributed by atoms with Crippen molar-refractivity contribution < 1.29 is 14.3 Å². The highest BCUT2D eigenvalue weighted by atomic mass is 16.5. The van der Waals surface area contributed by atoms with Gasteiger partial charge in [0.1, 0.15) is 11.5 Å². The number of carbonyl (C=O) groups excluding carboxylic acids is 1. The summed E-state index contributed by atoms with van der Waals surface area (Å²) in [5.41, 5.74) is 0.932. The Kier molecular flexibility index (Phi) is 5.01. The Hall–Kier alpha value is -2.03. The molecule has 0 bridgehead atoms. The molecule has 0 aliphatic rings. The predicted molar refractivity (Wildman–Crippen MR) is 68.4 cm³/mol. The van der Waals surface area contributed by atoms with E-state index in [0.717, 1.165) is 17.1 Å². The molecule has 1 aromatic carbocycles. The maximum Gasteiger partial charge on any atom is 0.152 e. The number of allylic oxidation sites excluding steroid dienone is 3. The van der Waals surface area contributed by atoms with Gasteiger partial charge in [0.2, 0.25) is 0 Å². The zero-order chi connectivity index (χ0) is 12.7. The molecule has 0 aromatic heterocycles. The number of benzene rings is 1. The van der Waals surface area contributed by atoms with E-state index in [1.807, 2.05) is 24.3 Å². The van der Waals surface area contributed by atoms with Crippen molar-refractivity contribution in [1.29, 1.82) is 0 Å². The zero-order valence-electron chi connectivity index (χ0n) is 10.3. The van der Waals surface area contributed by atoms with Crippen LogP contribution in [0, 0.1) is 0 Å². The SMILES string of the molecule is COc1ccc(/C=C/C=C/C(C)=O)c(OC)c1. The van der Waals surface area contributed by atoms with Crippen molar-refractivity contribution in [3.05, 3.63) is 42.0 Å². The van der Waals surface area contributed by atoms with Crippen molar-refractivity contribution >= 4 is 11.9 Å². The van der Waals surface area contributed by atoms with Crippen molar-refractivity contribution in [3.63, 3.8) is 0 Å². The topological polar surface area (TPSA) is 35.5 Å². The second-order valence-corrected chi connectivity index (χ2v) is 3.44. The van der Waals surface area contributed by atoms with Gasteiger partial charge in [0.05, 0.1) is 14.2 Å². The summed E-state index contributed by atoms with van der Waals surface area (Å²) >= 11 is 0. The van der Waals surface area contributed by atoms with Crippen LogP contribution in [0.3, 0.4) is 0 Å². The summed E-state index contributed by atoms with van der Waals surface area (Å²) in [6, 6.07) is 5.57. The number of ether oxygens (including phenoxy) is 2. The molecule has 0 saturated heterocycles. The Morgan fingerprint density at radius 1 is 1.18 bits per heavy atom. The Morgan fingerprint density at radius 2 is 1.94 bits per heavy atom. The summed E-state index contributed by atoms with van der Waals surface area (Å²) in [5, 5.41) is 0. The Morgan fingerprint density at radius 3 is 2.53 bits per heavy atom. The van der Waals surface area contributed by atoms with Gasteiger partial charge in [0, 0.05) is 11.6 Å². The number of carbonyl (C=O) groups is 1. The molecule has 0 fully saturated rings. The van der Waals surface area contributed by atoms with Crippen molar-refractivity contribution in [1.82, 2.24) is 0 Å². The minimum Gasteiger partial charge on any atom is -0.497 e. The molecule has 1 aromatic rings. The Bertz CT molecular complexity index is 445. The van der Waals surface area contributed by atoms with Gasteiger partial charge in [0.15, 0.2) is 5.78 Å². The summed E-state index contributed by atoms with van der Waals surface area (Å²) in [5.74, 6) is 1.51. The third kappa shape index (κ3) is 4.15. The first kappa shape index (κ1) is 13.0. The summed E-state index contributed by atoms with van der Waals surface area (Å²) in [4.78, 5) is 10.7. The van der Waals surface area contributed by atoms with Crippen LogP contribution < -0.4 is 9.47 Å². The van der Waals surface area contributed by atoms with Crippen LogP contribution in [-0.2, 0) is 4.79 Å². The predicted octanol–water partition coefficient (Wildman–Crippen LogP) is 2.86. The first-order valence-electron chi connectivity index (χ1n) is 5.24. The molecule has 1 rings (SSSR count). The average Bonchev–Trinajstić information content (AvgIpc) is 2.34. The molecule has 0 unspecified atom stereocenters. The first-order chi connectivity index (χ1) is 8.17. The van der Waals surface area contributed by atoms with E-state index in [4.69, 9.17) is 9.47 Å². The van der Waals surface area contributed by atoms with Crippen LogP contribution in [0.4, 0.5) is 0 Å². The van der Waals surface area contributed by atoms with Gasteiger partial charge in [-0.3, -0.25) is 4.79 Å². The highest BCUT2D eigenvalue weighted by Crippen LogP contribution is 2.25. The van der Waals surface area contributed by atoms with Gasteiger partial charge in [-0.2, -0.15) is 0 Å². The second-order valence-electron chi connectivity index (χ2n) is 3.44. The molecule has 0 aliphatic heterocycles. The lowest BCUT2D eigenvalue weighted by Crippen LogP contribution is -1.89. The fourth-order valence-corrected chi connectivity index (χ4v) is 1.31. The van der Waals surface area contributed by atoms with E-state index in [2.05, 4.69) is 0 Å². The number of rotatable bonds is 5. The monoisotopic (exact) mass is 232 g/mol. The third-order valence-electron chi connectivity index (χ3n) is 2.16. The molecule has 0 N–H and O–H groups in total. The molecule has 0 radical (unpaired) electrons. The molecule has 3 nitrogen and oxygen atoms in total. The Labute approximate surface area is 101 Å². The lowest BCUT2D eigenvalue weighted by molar-refractivity contribution is -0.112. The zero-order valence-corrected chi connectivity index (χ0v) is 10.3. The van der Waals surface area contributed by atoms with E-state index >= 15 is 0 Å². The van der Waals surface area contributed by atoms with E-state index in [-0.39, 0.29) is 5.78 Å². The molecule has 0 amide bonds. The van der Waals surface area contributed by atoms with Crippen molar-refractivity contribution in [3.8, 4) is 11.5 Å². The lowest BCUT2D eigenvalue weighted by Gasteiger charge is -2.06. The van der Waals surface area contributed by atoms with E-state index in [0.29, 0.717) is 0 Å². The van der Waals surface area contributed by atoms with Gasteiger partial charge in [-0.1, -0.05) is 18.2 Å². The van der Waals surface area contributed by atoms with Gasteiger partial charge >= 0.3 is 0 Å². The summed E-state index contributed by atoms with van der Waals surface area (Å²) in [7, 11) is 3.22. The van der Waals surface area contributed by atoms with E-state index < -0.39 is 0 Å². The maximum absolute atomic E-state index is 10.7. The Balaban J connectivity index is 2.87. The van der Waals surface area contributed by atoms with E-state index in [1.54, 1.807) is 26.4 Å². The van der Waals surface area contributed by atoms with Crippen LogP contribution in [0.1, 0.15) is 12.5 Å². The minimum absolute atomic E-state index is 0.0244. The highest BCUT2D eigenvalue weighted by molar-refractivity contribution is 5.87.